The van der Waals surface area contributed by atoms with E-state index in [1.165, 1.54) is 0 Å². The maximum atomic E-state index is 11.1. The van der Waals surface area contributed by atoms with Gasteiger partial charge in [-0.1, -0.05) is 36.4 Å². The molecule has 0 unspecified atom stereocenters. The molecule has 0 atom stereocenters. The molecule has 0 aliphatic rings. The van der Waals surface area contributed by atoms with Gasteiger partial charge in [-0.3, -0.25) is 9.59 Å². The maximum absolute atomic E-state index is 11.1. The van der Waals surface area contributed by atoms with Crippen LogP contribution in [0.1, 0.15) is 20.7 Å². The molecule has 2 rings (SSSR count). The fourth-order valence-electron chi connectivity index (χ4n) is 1.69. The second-order valence-electron chi connectivity index (χ2n) is 4.84. The van der Waals surface area contributed by atoms with Crippen molar-refractivity contribution in [3.63, 3.8) is 0 Å². The Labute approximate surface area is 206 Å². The minimum absolute atomic E-state index is 0. The first-order valence-corrected chi connectivity index (χ1v) is 7.46. The Morgan fingerprint density at radius 3 is 1.14 bits per heavy atom. The van der Waals surface area contributed by atoms with Crippen LogP contribution in [0.2, 0.25) is 0 Å². The molecule has 0 fully saturated rings. The monoisotopic (exact) mass is 402 g/mol. The fraction of sp³-hybridized carbons (Fsp3) is 0.111. The van der Waals surface area contributed by atoms with Gasteiger partial charge in [-0.25, -0.2) is 0 Å². The molecule has 10 heteroatoms. The van der Waals surface area contributed by atoms with Gasteiger partial charge in [-0.05, 0) is 24.3 Å². The predicted octanol–water partition coefficient (Wildman–Crippen LogP) is -7.66. The smallest absolute Gasteiger partial charge is 0.548 e. The molecule has 2 aromatic carbocycles. The zero-order valence-corrected chi connectivity index (χ0v) is 19.6. The van der Waals surface area contributed by atoms with E-state index >= 15 is 0 Å². The molecule has 28 heavy (non-hydrogen) atoms. The van der Waals surface area contributed by atoms with Gasteiger partial charge in [0.25, 0.3) is 11.8 Å². The third-order valence-corrected chi connectivity index (χ3v) is 2.86. The number of hydrogen-bond acceptors (Lipinski definition) is 6. The summed E-state index contributed by atoms with van der Waals surface area (Å²) in [6, 6.07) is 16.8. The number of amides is 2. The molecule has 2 aromatic rings. The molecule has 0 aromatic heterocycles. The Morgan fingerprint density at radius 2 is 0.893 bits per heavy atom. The molecule has 0 bridgehead atoms. The second kappa shape index (κ2) is 16.3. The van der Waals surface area contributed by atoms with Crippen molar-refractivity contribution in [3.8, 4) is 0 Å². The van der Waals surface area contributed by atoms with Gasteiger partial charge in [0, 0.05) is 11.1 Å². The van der Waals surface area contributed by atoms with E-state index in [0.717, 1.165) is 0 Å². The van der Waals surface area contributed by atoms with Crippen molar-refractivity contribution in [2.75, 3.05) is 13.1 Å². The normalized spacial score (nSPS) is 8.57. The van der Waals surface area contributed by atoms with Crippen LogP contribution in [0.5, 0.6) is 0 Å². The number of carboxylic acid groups (broad SMARTS) is 2. The first-order valence-electron chi connectivity index (χ1n) is 7.46. The molecule has 0 aliphatic carbocycles. The van der Waals surface area contributed by atoms with E-state index in [1.54, 1.807) is 60.7 Å². The van der Waals surface area contributed by atoms with Gasteiger partial charge in [-0.15, -0.1) is 0 Å². The summed E-state index contributed by atoms with van der Waals surface area (Å²) in [6.07, 6.45) is 0. The fourth-order valence-corrected chi connectivity index (χ4v) is 1.69. The average molecular weight is 402 g/mol. The van der Waals surface area contributed by atoms with Crippen molar-refractivity contribution in [2.24, 2.45) is 0 Å². The Bertz CT molecular complexity index is 692. The Morgan fingerprint density at radius 1 is 0.607 bits per heavy atom. The number of aliphatic carboxylic acids is 2. The zero-order valence-electron chi connectivity index (χ0n) is 15.6. The molecular weight excluding hydrogens is 386 g/mol. The third-order valence-electron chi connectivity index (χ3n) is 2.86. The summed E-state index contributed by atoms with van der Waals surface area (Å²) >= 11 is 0. The van der Waals surface area contributed by atoms with Crippen molar-refractivity contribution in [2.45, 2.75) is 0 Å². The molecule has 2 amide bonds. The zero-order chi connectivity index (χ0) is 19.4. The van der Waals surface area contributed by atoms with Gasteiger partial charge in [0.15, 0.2) is 0 Å². The van der Waals surface area contributed by atoms with Gasteiger partial charge in [-0.2, -0.15) is 0 Å². The molecule has 2 N–H and O–H groups in total. The van der Waals surface area contributed by atoms with Crippen molar-refractivity contribution >= 4 is 23.8 Å². The van der Waals surface area contributed by atoms with E-state index in [-0.39, 0.29) is 59.1 Å². The molecule has 136 valence electrons. The summed E-state index contributed by atoms with van der Waals surface area (Å²) in [7, 11) is 0. The van der Waals surface area contributed by atoms with Gasteiger partial charge < -0.3 is 30.4 Å². The van der Waals surface area contributed by atoms with Crippen molar-refractivity contribution in [1.82, 2.24) is 10.6 Å². The number of nitrogens with one attached hydrogen (secondary N) is 2. The van der Waals surface area contributed by atoms with E-state index in [4.69, 9.17) is 0 Å². The van der Waals surface area contributed by atoms with Crippen LogP contribution in [0.25, 0.3) is 0 Å². The van der Waals surface area contributed by atoms with Crippen molar-refractivity contribution in [1.29, 1.82) is 0 Å². The topological polar surface area (TPSA) is 138 Å². The predicted molar refractivity (Wildman–Crippen MR) is 87.6 cm³/mol. The van der Waals surface area contributed by atoms with Crippen LogP contribution in [-0.4, -0.2) is 36.8 Å². The second-order valence-corrected chi connectivity index (χ2v) is 4.84. The largest absolute Gasteiger partial charge is 1.00 e. The van der Waals surface area contributed by atoms with E-state index in [1.807, 2.05) is 0 Å². The van der Waals surface area contributed by atoms with Gasteiger partial charge in [0.05, 0.1) is 25.0 Å². The van der Waals surface area contributed by atoms with E-state index < -0.39 is 36.8 Å². The Kier molecular flexibility index (Phi) is 16.6. The molecule has 0 aliphatic heterocycles. The number of rotatable bonds is 6. The summed E-state index contributed by atoms with van der Waals surface area (Å²) < 4.78 is 0. The van der Waals surface area contributed by atoms with Gasteiger partial charge >= 0.3 is 59.1 Å². The van der Waals surface area contributed by atoms with Crippen LogP contribution < -0.4 is 80.0 Å². The summed E-state index contributed by atoms with van der Waals surface area (Å²) in [4.78, 5) is 42.3. The van der Waals surface area contributed by atoms with Crippen LogP contribution in [0.3, 0.4) is 0 Å². The first-order chi connectivity index (χ1) is 12.4. The average Bonchev–Trinajstić information content (AvgIpc) is 2.66. The third kappa shape index (κ3) is 12.7. The first kappa shape index (κ1) is 28.5. The summed E-state index contributed by atoms with van der Waals surface area (Å²) in [5.74, 6) is -3.43. The van der Waals surface area contributed by atoms with E-state index in [0.29, 0.717) is 11.1 Å². The van der Waals surface area contributed by atoms with E-state index in [2.05, 4.69) is 10.6 Å². The van der Waals surface area contributed by atoms with E-state index in [9.17, 15) is 29.4 Å². The van der Waals surface area contributed by atoms with Gasteiger partial charge in [0.2, 0.25) is 0 Å². The summed E-state index contributed by atoms with van der Waals surface area (Å²) in [5, 5.41) is 24.4. The molecule has 0 spiro atoms. The molecule has 0 radical (unpaired) electrons. The molecule has 0 heterocycles. The quantitative estimate of drug-likeness (QED) is 0.461. The van der Waals surface area contributed by atoms with Crippen LogP contribution in [0.4, 0.5) is 0 Å². The summed E-state index contributed by atoms with van der Waals surface area (Å²) in [6.45, 7) is -0.929. The van der Waals surface area contributed by atoms with Crippen molar-refractivity contribution < 1.29 is 88.5 Å². The molecule has 8 nitrogen and oxygen atoms in total. The molecule has 0 saturated heterocycles. The Hall–Kier alpha value is -1.68. The maximum Gasteiger partial charge on any atom is 1.00 e. The SMILES string of the molecule is O=C([O-])CNC(=O)c1ccccc1.O=C([O-])CNC(=O)c1ccccc1.[Na+].[Na+]. The van der Waals surface area contributed by atoms with Crippen LogP contribution >= 0.6 is 0 Å². The standard InChI is InChI=1S/2C9H9NO3.2Na/c2*11-8(12)6-10-9(13)7-4-2-1-3-5-7;;/h2*1-5H,6H2,(H,10,13)(H,11,12);;/q;;2*+1/p-2. The number of carbonyl (C=O) groups excluding carboxylic acids is 4. The van der Waals surface area contributed by atoms with Crippen LogP contribution in [-0.2, 0) is 9.59 Å². The Balaban J connectivity index is 0. The molecule has 0 saturated carbocycles. The number of carbonyl (C=O) groups is 4. The molecular formula is C18H16N2Na2O6. The summed E-state index contributed by atoms with van der Waals surface area (Å²) in [5.41, 5.74) is 0.868. The van der Waals surface area contributed by atoms with Crippen LogP contribution in [0.15, 0.2) is 60.7 Å². The van der Waals surface area contributed by atoms with Crippen LogP contribution in [0, 0.1) is 0 Å². The minimum atomic E-state index is -1.30. The number of carboxylic acids is 2. The number of hydrogen-bond donors (Lipinski definition) is 2. The minimum Gasteiger partial charge on any atom is -0.548 e. The van der Waals surface area contributed by atoms with Gasteiger partial charge in [0.1, 0.15) is 0 Å². The number of benzene rings is 2. The van der Waals surface area contributed by atoms with Crippen molar-refractivity contribution in [3.05, 3.63) is 71.8 Å².